The molecule has 1 aliphatic carbocycles. The zero-order valence-corrected chi connectivity index (χ0v) is 24.0. The Balaban J connectivity index is 1.26. The van der Waals surface area contributed by atoms with Gasteiger partial charge in [0.1, 0.15) is 6.54 Å². The highest BCUT2D eigenvalue weighted by Crippen LogP contribution is 2.41. The molecule has 9 heteroatoms. The van der Waals surface area contributed by atoms with Crippen molar-refractivity contribution in [1.29, 1.82) is 0 Å². The molecule has 3 fully saturated rings. The summed E-state index contributed by atoms with van der Waals surface area (Å²) in [7, 11) is 0. The van der Waals surface area contributed by atoms with Crippen LogP contribution < -0.4 is 9.80 Å². The summed E-state index contributed by atoms with van der Waals surface area (Å²) in [5, 5.41) is 4.55. The summed E-state index contributed by atoms with van der Waals surface area (Å²) in [5.74, 6) is -0.0353. The molecule has 2 amide bonds. The van der Waals surface area contributed by atoms with Gasteiger partial charge in [-0.15, -0.1) is 11.6 Å². The molecule has 8 nitrogen and oxygen atoms in total. The van der Waals surface area contributed by atoms with Crippen LogP contribution in [0.4, 0.5) is 16.2 Å². The molecule has 2 aromatic rings. The first kappa shape index (κ1) is 26.6. The van der Waals surface area contributed by atoms with Gasteiger partial charge in [0.05, 0.1) is 54.7 Å². The molecule has 3 aliphatic heterocycles. The summed E-state index contributed by atoms with van der Waals surface area (Å²) in [6, 6.07) is 6.31. The molecule has 0 bridgehead atoms. The van der Waals surface area contributed by atoms with E-state index in [1.807, 2.05) is 36.0 Å². The molecular formula is C30H41ClN5O3+. The first-order chi connectivity index (χ1) is 18.8. The molecule has 6 rings (SSSR count). The number of rotatable bonds is 3. The maximum Gasteiger partial charge on any atom is 0.414 e. The van der Waals surface area contributed by atoms with E-state index in [9.17, 15) is 9.59 Å². The van der Waals surface area contributed by atoms with Gasteiger partial charge in [-0.05, 0) is 63.1 Å². The first-order valence-corrected chi connectivity index (χ1v) is 15.2. The fourth-order valence-corrected chi connectivity index (χ4v) is 7.53. The van der Waals surface area contributed by atoms with Gasteiger partial charge < -0.3 is 14.1 Å². The monoisotopic (exact) mass is 554 g/mol. The van der Waals surface area contributed by atoms with Crippen LogP contribution in [0, 0.1) is 0 Å². The number of nitrogens with zero attached hydrogens (tertiary/aromatic N) is 5. The molecule has 210 valence electrons. The van der Waals surface area contributed by atoms with E-state index in [4.69, 9.17) is 16.3 Å². The van der Waals surface area contributed by atoms with Crippen molar-refractivity contribution >= 4 is 35.0 Å². The minimum atomic E-state index is -0.349. The number of piperidine rings is 1. The van der Waals surface area contributed by atoms with Crippen molar-refractivity contribution in [3.63, 3.8) is 0 Å². The van der Waals surface area contributed by atoms with E-state index >= 15 is 0 Å². The van der Waals surface area contributed by atoms with Crippen molar-refractivity contribution in [2.75, 3.05) is 42.5 Å². The lowest BCUT2D eigenvalue weighted by atomic mass is 9.99. The third kappa shape index (κ3) is 5.55. The van der Waals surface area contributed by atoms with Gasteiger partial charge >= 0.3 is 6.09 Å². The minimum Gasteiger partial charge on any atom is -0.440 e. The number of quaternary nitrogens is 1. The maximum atomic E-state index is 13.8. The number of hydrogen-bond donors (Lipinski definition) is 0. The molecule has 0 N–H and O–H groups in total. The number of fused-ring (bicyclic) bond motifs is 1. The fourth-order valence-electron chi connectivity index (χ4n) is 7.04. The Morgan fingerprint density at radius 3 is 2.49 bits per heavy atom. The largest absolute Gasteiger partial charge is 0.440 e. The molecule has 3 atom stereocenters. The summed E-state index contributed by atoms with van der Waals surface area (Å²) in [6.07, 6.45) is 12.7. The van der Waals surface area contributed by atoms with Gasteiger partial charge in [-0.3, -0.25) is 14.4 Å². The lowest BCUT2D eigenvalue weighted by Gasteiger charge is -2.47. The topological polar surface area (TPSA) is 67.7 Å². The molecule has 1 aromatic carbocycles. The second-order valence-electron chi connectivity index (χ2n) is 12.3. The predicted octanol–water partition coefficient (Wildman–Crippen LogP) is 5.74. The van der Waals surface area contributed by atoms with E-state index < -0.39 is 0 Å². The van der Waals surface area contributed by atoms with E-state index in [-0.39, 0.29) is 29.5 Å². The molecule has 1 spiro atoms. The van der Waals surface area contributed by atoms with Gasteiger partial charge in [0.15, 0.2) is 6.10 Å². The van der Waals surface area contributed by atoms with Crippen LogP contribution in [-0.4, -0.2) is 76.5 Å². The SMILES string of the molecule is CC(=O)N1c2ccc(-c3cnn(C4CC4)c3)cc2N(C(=O)OC2CC(Cl)C[N+]3(CCCCCCC3)C2)CC1C. The van der Waals surface area contributed by atoms with Gasteiger partial charge in [-0.25, -0.2) is 4.79 Å². The number of hydrogen-bond acceptors (Lipinski definition) is 4. The number of aromatic nitrogens is 2. The van der Waals surface area contributed by atoms with Crippen LogP contribution in [0.5, 0.6) is 0 Å². The van der Waals surface area contributed by atoms with E-state index in [0.29, 0.717) is 24.7 Å². The zero-order chi connectivity index (χ0) is 27.1. The summed E-state index contributed by atoms with van der Waals surface area (Å²) in [5.41, 5.74) is 3.42. The fraction of sp³-hybridized carbons (Fsp3) is 0.633. The molecule has 3 unspecified atom stereocenters. The third-order valence-electron chi connectivity index (χ3n) is 9.06. The number of alkyl halides is 1. The van der Waals surface area contributed by atoms with Crippen molar-refractivity contribution in [1.82, 2.24) is 9.78 Å². The molecule has 4 heterocycles. The smallest absolute Gasteiger partial charge is 0.414 e. The number of ether oxygens (including phenoxy) is 1. The standard InChI is InChI=1S/C30H41ClN5O3/c1-21-17-33(30(38)39-27-15-25(31)19-36(20-27)12-6-4-3-5-7-13-36)29-14-23(8-11-28(29)35(21)22(2)37)24-16-32-34(18-24)26-9-10-26/h8,11,14,16,18,21,25-27H,3-7,9-10,12-13,15,17,19-20H2,1-2H3/q+1. The van der Waals surface area contributed by atoms with Crippen molar-refractivity contribution in [3.8, 4) is 11.1 Å². The van der Waals surface area contributed by atoms with Crippen molar-refractivity contribution in [2.24, 2.45) is 0 Å². The lowest BCUT2D eigenvalue weighted by molar-refractivity contribution is -0.935. The average Bonchev–Trinajstić information content (AvgIpc) is 3.61. The van der Waals surface area contributed by atoms with Crippen LogP contribution in [0.2, 0.25) is 0 Å². The molecule has 39 heavy (non-hydrogen) atoms. The number of anilines is 2. The highest BCUT2D eigenvalue weighted by atomic mass is 35.5. The maximum absolute atomic E-state index is 13.8. The Morgan fingerprint density at radius 1 is 1.03 bits per heavy atom. The summed E-state index contributed by atoms with van der Waals surface area (Å²) in [4.78, 5) is 30.0. The normalized spacial score (nSPS) is 27.0. The molecule has 1 aromatic heterocycles. The van der Waals surface area contributed by atoms with Crippen LogP contribution >= 0.6 is 11.6 Å². The first-order valence-electron chi connectivity index (χ1n) is 14.8. The Labute approximate surface area is 236 Å². The number of carbonyl (C=O) groups is 2. The third-order valence-corrected chi connectivity index (χ3v) is 9.37. The van der Waals surface area contributed by atoms with E-state index in [1.54, 1.807) is 16.7 Å². The summed E-state index contributed by atoms with van der Waals surface area (Å²) < 4.78 is 9.25. The second-order valence-corrected chi connectivity index (χ2v) is 12.9. The van der Waals surface area contributed by atoms with Crippen LogP contribution in [0.25, 0.3) is 11.1 Å². The van der Waals surface area contributed by atoms with Gasteiger partial charge in [0.25, 0.3) is 0 Å². The Morgan fingerprint density at radius 2 is 1.77 bits per heavy atom. The quantitative estimate of drug-likeness (QED) is 0.358. The summed E-state index contributed by atoms with van der Waals surface area (Å²) >= 11 is 6.80. The minimum absolute atomic E-state index is 0.00588. The van der Waals surface area contributed by atoms with Crippen LogP contribution in [-0.2, 0) is 9.53 Å². The Bertz CT molecular complexity index is 1220. The predicted molar refractivity (Wildman–Crippen MR) is 153 cm³/mol. The highest BCUT2D eigenvalue weighted by molar-refractivity contribution is 6.20. The van der Waals surface area contributed by atoms with Crippen LogP contribution in [0.3, 0.4) is 0 Å². The van der Waals surface area contributed by atoms with E-state index in [0.717, 1.165) is 47.5 Å². The van der Waals surface area contributed by atoms with Crippen molar-refractivity contribution in [3.05, 3.63) is 30.6 Å². The van der Waals surface area contributed by atoms with Crippen molar-refractivity contribution < 1.29 is 18.8 Å². The lowest BCUT2D eigenvalue weighted by Crippen LogP contribution is -2.61. The van der Waals surface area contributed by atoms with E-state index in [2.05, 4.69) is 11.3 Å². The van der Waals surface area contributed by atoms with Crippen LogP contribution in [0.15, 0.2) is 30.6 Å². The molecule has 4 aliphatic rings. The van der Waals surface area contributed by atoms with E-state index in [1.165, 1.54) is 44.9 Å². The van der Waals surface area contributed by atoms with Gasteiger partial charge in [0, 0.05) is 31.6 Å². The average molecular weight is 555 g/mol. The van der Waals surface area contributed by atoms with Gasteiger partial charge in [-0.2, -0.15) is 5.10 Å². The Hall–Kier alpha value is -2.58. The molecule has 0 radical (unpaired) electrons. The Kier molecular flexibility index (Phi) is 7.35. The van der Waals surface area contributed by atoms with Crippen LogP contribution in [0.1, 0.15) is 71.3 Å². The highest BCUT2D eigenvalue weighted by Gasteiger charge is 2.42. The number of halogens is 1. The molecule has 1 saturated carbocycles. The second kappa shape index (κ2) is 10.8. The summed E-state index contributed by atoms with van der Waals surface area (Å²) in [6.45, 7) is 7.98. The number of benzene rings is 1. The van der Waals surface area contributed by atoms with Gasteiger partial charge in [0.2, 0.25) is 5.91 Å². The number of carbonyl (C=O) groups excluding carboxylic acids is 2. The van der Waals surface area contributed by atoms with Gasteiger partial charge in [-0.1, -0.05) is 12.5 Å². The molecular weight excluding hydrogens is 514 g/mol. The zero-order valence-electron chi connectivity index (χ0n) is 23.2. The van der Waals surface area contributed by atoms with Crippen molar-refractivity contribution in [2.45, 2.75) is 88.8 Å². The molecule has 2 saturated heterocycles. The number of amides is 2.